The molecule has 2 aliphatic rings. The maximum atomic E-state index is 12.5. The molecule has 1 heterocycles. The van der Waals surface area contributed by atoms with Crippen LogP contribution in [0.4, 0.5) is 5.69 Å². The first-order valence-corrected chi connectivity index (χ1v) is 7.66. The molecule has 1 aromatic heterocycles. The minimum Gasteiger partial charge on any atom is -0.394 e. The Hall–Kier alpha value is -1.07. The summed E-state index contributed by atoms with van der Waals surface area (Å²) in [7, 11) is 0. The van der Waals surface area contributed by atoms with Crippen molar-refractivity contribution in [1.29, 1.82) is 0 Å². The van der Waals surface area contributed by atoms with Crippen molar-refractivity contribution in [2.75, 3.05) is 11.9 Å². The van der Waals surface area contributed by atoms with Gasteiger partial charge in [0.1, 0.15) is 5.69 Å². The molecule has 110 valence electrons. The maximum absolute atomic E-state index is 12.5. The first-order valence-electron chi connectivity index (χ1n) is 7.28. The van der Waals surface area contributed by atoms with Gasteiger partial charge in [-0.25, -0.2) is 4.68 Å². The molecule has 20 heavy (non-hydrogen) atoms. The summed E-state index contributed by atoms with van der Waals surface area (Å²) in [5.41, 5.74) is -0.169. The molecule has 2 aliphatic carbocycles. The standard InChI is InChI=1S/C14H20ClN3O2/c15-11-7-16-18(8-10-3-1-4-10)13(20)12(11)17-14(9-19)5-2-6-14/h7,10,17,19H,1-6,8-9H2. The molecule has 0 bridgehead atoms. The highest BCUT2D eigenvalue weighted by Crippen LogP contribution is 2.35. The highest BCUT2D eigenvalue weighted by atomic mass is 35.5. The Morgan fingerprint density at radius 2 is 2.20 bits per heavy atom. The molecule has 0 amide bonds. The molecule has 0 atom stereocenters. The maximum Gasteiger partial charge on any atom is 0.291 e. The number of nitrogens with one attached hydrogen (secondary N) is 1. The predicted molar refractivity (Wildman–Crippen MR) is 78.1 cm³/mol. The zero-order chi connectivity index (χ0) is 14.2. The number of aliphatic hydroxyl groups excluding tert-OH is 1. The van der Waals surface area contributed by atoms with Crippen molar-refractivity contribution in [3.8, 4) is 0 Å². The molecule has 5 nitrogen and oxygen atoms in total. The van der Waals surface area contributed by atoms with Gasteiger partial charge in [-0.1, -0.05) is 18.0 Å². The van der Waals surface area contributed by atoms with Crippen molar-refractivity contribution in [3.05, 3.63) is 21.6 Å². The van der Waals surface area contributed by atoms with Gasteiger partial charge < -0.3 is 10.4 Å². The van der Waals surface area contributed by atoms with E-state index in [1.54, 1.807) is 0 Å². The van der Waals surface area contributed by atoms with Gasteiger partial charge in [-0.3, -0.25) is 4.79 Å². The summed E-state index contributed by atoms with van der Waals surface area (Å²) >= 11 is 6.11. The van der Waals surface area contributed by atoms with Crippen LogP contribution in [0, 0.1) is 5.92 Å². The molecule has 2 N–H and O–H groups in total. The molecule has 2 saturated carbocycles. The summed E-state index contributed by atoms with van der Waals surface area (Å²) in [5, 5.41) is 17.1. The van der Waals surface area contributed by atoms with E-state index in [9.17, 15) is 9.90 Å². The van der Waals surface area contributed by atoms with Crippen molar-refractivity contribution in [2.24, 2.45) is 5.92 Å². The van der Waals surface area contributed by atoms with Crippen molar-refractivity contribution >= 4 is 17.3 Å². The Balaban J connectivity index is 1.85. The molecule has 0 unspecified atom stereocenters. The van der Waals surface area contributed by atoms with Crippen LogP contribution in [-0.4, -0.2) is 27.0 Å². The van der Waals surface area contributed by atoms with Gasteiger partial charge in [-0.2, -0.15) is 5.10 Å². The first-order chi connectivity index (χ1) is 9.63. The zero-order valence-electron chi connectivity index (χ0n) is 11.4. The smallest absolute Gasteiger partial charge is 0.291 e. The summed E-state index contributed by atoms with van der Waals surface area (Å²) in [4.78, 5) is 12.5. The molecular weight excluding hydrogens is 278 g/mol. The second-order valence-electron chi connectivity index (χ2n) is 6.07. The Kier molecular flexibility index (Phi) is 3.73. The molecule has 0 aromatic carbocycles. The van der Waals surface area contributed by atoms with Crippen LogP contribution in [-0.2, 0) is 6.54 Å². The number of anilines is 1. The summed E-state index contributed by atoms with van der Waals surface area (Å²) in [6.07, 6.45) is 7.89. The van der Waals surface area contributed by atoms with Crippen molar-refractivity contribution < 1.29 is 5.11 Å². The molecule has 0 aliphatic heterocycles. The number of hydrogen-bond donors (Lipinski definition) is 2. The van der Waals surface area contributed by atoms with Crippen LogP contribution in [0.5, 0.6) is 0 Å². The third-order valence-corrected chi connectivity index (χ3v) is 4.94. The van der Waals surface area contributed by atoms with E-state index >= 15 is 0 Å². The lowest BCUT2D eigenvalue weighted by molar-refractivity contribution is 0.144. The van der Waals surface area contributed by atoms with E-state index in [0.29, 0.717) is 23.2 Å². The number of hydrogen-bond acceptors (Lipinski definition) is 4. The Morgan fingerprint density at radius 3 is 2.70 bits per heavy atom. The zero-order valence-corrected chi connectivity index (χ0v) is 12.2. The van der Waals surface area contributed by atoms with Gasteiger partial charge in [0.25, 0.3) is 5.56 Å². The third kappa shape index (κ3) is 2.44. The minimum absolute atomic E-state index is 0.0215. The molecule has 2 fully saturated rings. The van der Waals surface area contributed by atoms with Gasteiger partial charge >= 0.3 is 0 Å². The number of rotatable bonds is 5. The molecule has 0 saturated heterocycles. The fraction of sp³-hybridized carbons (Fsp3) is 0.714. The lowest BCUT2D eigenvalue weighted by atomic mass is 9.77. The number of halogens is 1. The van der Waals surface area contributed by atoms with E-state index in [4.69, 9.17) is 11.6 Å². The van der Waals surface area contributed by atoms with Crippen LogP contribution in [0.3, 0.4) is 0 Å². The third-order valence-electron chi connectivity index (χ3n) is 4.66. The molecule has 1 aromatic rings. The fourth-order valence-electron chi connectivity index (χ4n) is 2.82. The number of aromatic nitrogens is 2. The number of aliphatic hydroxyl groups is 1. The minimum atomic E-state index is -0.377. The van der Waals surface area contributed by atoms with Crippen LogP contribution in [0.15, 0.2) is 11.0 Å². The van der Waals surface area contributed by atoms with Gasteiger partial charge in [-0.05, 0) is 38.0 Å². The van der Waals surface area contributed by atoms with Gasteiger partial charge in [0.05, 0.1) is 23.4 Å². The molecule has 0 spiro atoms. The van der Waals surface area contributed by atoms with Crippen LogP contribution >= 0.6 is 11.6 Å². The Labute approximate surface area is 122 Å². The van der Waals surface area contributed by atoms with E-state index < -0.39 is 0 Å². The predicted octanol–water partition coefficient (Wildman–Crippen LogP) is 2.02. The van der Waals surface area contributed by atoms with Crippen LogP contribution < -0.4 is 10.9 Å². The Bertz CT molecular complexity index is 544. The quantitative estimate of drug-likeness (QED) is 0.872. The SMILES string of the molecule is O=c1c(NC2(CO)CCC2)c(Cl)cnn1CC1CCC1. The van der Waals surface area contributed by atoms with Gasteiger partial charge in [-0.15, -0.1) is 0 Å². The summed E-state index contributed by atoms with van der Waals surface area (Å²) < 4.78 is 1.50. The molecule has 0 radical (unpaired) electrons. The normalized spacial score (nSPS) is 21.1. The van der Waals surface area contributed by atoms with Crippen LogP contribution in [0.2, 0.25) is 5.02 Å². The van der Waals surface area contributed by atoms with Crippen molar-refractivity contribution in [2.45, 2.75) is 50.6 Å². The van der Waals surface area contributed by atoms with Crippen LogP contribution in [0.25, 0.3) is 0 Å². The second kappa shape index (κ2) is 5.37. The average Bonchev–Trinajstić information content (AvgIpc) is 2.34. The van der Waals surface area contributed by atoms with Gasteiger partial charge in [0, 0.05) is 6.54 Å². The monoisotopic (exact) mass is 297 g/mol. The summed E-state index contributed by atoms with van der Waals surface area (Å²) in [5.74, 6) is 0.560. The van der Waals surface area contributed by atoms with Gasteiger partial charge in [0.15, 0.2) is 0 Å². The van der Waals surface area contributed by atoms with Crippen LogP contribution in [0.1, 0.15) is 38.5 Å². The second-order valence-corrected chi connectivity index (χ2v) is 6.48. The topological polar surface area (TPSA) is 67.2 Å². The van der Waals surface area contributed by atoms with E-state index in [1.165, 1.54) is 30.1 Å². The van der Waals surface area contributed by atoms with Crippen molar-refractivity contribution in [3.63, 3.8) is 0 Å². The van der Waals surface area contributed by atoms with Gasteiger partial charge in [0.2, 0.25) is 0 Å². The summed E-state index contributed by atoms with van der Waals surface area (Å²) in [6.45, 7) is 0.685. The number of nitrogens with zero attached hydrogens (tertiary/aromatic N) is 2. The molecule has 6 heteroatoms. The van der Waals surface area contributed by atoms with Crippen molar-refractivity contribution in [1.82, 2.24) is 9.78 Å². The summed E-state index contributed by atoms with van der Waals surface area (Å²) in [6, 6.07) is 0. The first kappa shape index (κ1) is 13.9. The average molecular weight is 298 g/mol. The molecule has 3 rings (SSSR count). The highest BCUT2D eigenvalue weighted by molar-refractivity contribution is 6.33. The van der Waals surface area contributed by atoms with E-state index in [0.717, 1.165) is 19.3 Å². The fourth-order valence-corrected chi connectivity index (χ4v) is 2.99. The Morgan fingerprint density at radius 1 is 1.45 bits per heavy atom. The van der Waals surface area contributed by atoms with E-state index in [2.05, 4.69) is 10.4 Å². The lowest BCUT2D eigenvalue weighted by Crippen LogP contribution is -2.50. The van der Waals surface area contributed by atoms with E-state index in [1.807, 2.05) is 0 Å². The van der Waals surface area contributed by atoms with E-state index in [-0.39, 0.29) is 17.7 Å². The largest absolute Gasteiger partial charge is 0.394 e. The highest BCUT2D eigenvalue weighted by Gasteiger charge is 2.37. The molecular formula is C14H20ClN3O2. The lowest BCUT2D eigenvalue weighted by Gasteiger charge is -2.41.